The Bertz CT molecular complexity index is 3170. The quantitative estimate of drug-likeness (QED) is 0.0398. The van der Waals surface area contributed by atoms with E-state index in [9.17, 15) is 67.1 Å². The van der Waals surface area contributed by atoms with Gasteiger partial charge in [0.15, 0.2) is 0 Å². The third kappa shape index (κ3) is 22.8. The van der Waals surface area contributed by atoms with Crippen LogP contribution in [0.5, 0.6) is 0 Å². The molecule has 0 aromatic heterocycles. The molecule has 31 heteroatoms. The smallest absolute Gasteiger partial charge is 0.248 e. The van der Waals surface area contributed by atoms with Gasteiger partial charge >= 0.3 is 0 Å². The number of likely N-dealkylation sites (tertiary alicyclic amines) is 2. The summed E-state index contributed by atoms with van der Waals surface area (Å²) in [5.41, 5.74) is -14.3. The number of rotatable bonds is 34. The minimum Gasteiger partial charge on any atom is -0.870 e. The van der Waals surface area contributed by atoms with Crippen molar-refractivity contribution in [2.24, 2.45) is 5.92 Å². The van der Waals surface area contributed by atoms with E-state index in [2.05, 4.69) is 87.1 Å². The van der Waals surface area contributed by atoms with E-state index in [-0.39, 0.29) is 68.5 Å². The normalized spacial score (nSPS) is 19.2. The van der Waals surface area contributed by atoms with Gasteiger partial charge in [-0.25, -0.2) is 0 Å². The number of carbonyl (C=O) groups excluding carboxylic acids is 14. The molecule has 0 radical (unpaired) electrons. The molecule has 0 aromatic carbocycles. The first-order chi connectivity index (χ1) is 46.5. The average molecular weight is 1440 g/mol. The highest BCUT2D eigenvalue weighted by molar-refractivity contribution is 6.03. The zero-order valence-electron chi connectivity index (χ0n) is 64.8. The molecule has 14 amide bonds. The van der Waals surface area contributed by atoms with Crippen molar-refractivity contribution >= 4 is 88.5 Å². The van der Waals surface area contributed by atoms with E-state index in [1.165, 1.54) is 113 Å². The number of hydrogen-bond acceptors (Lipinski definition) is 16. The van der Waals surface area contributed by atoms with Gasteiger partial charge in [0.05, 0.1) is 38.6 Å². The fourth-order valence-corrected chi connectivity index (χ4v) is 12.6. The van der Waals surface area contributed by atoms with Crippen LogP contribution in [0.15, 0.2) is 0 Å². The summed E-state index contributed by atoms with van der Waals surface area (Å²) in [6.45, 7) is 36.3. The number of nitrogens with zero attached hydrogens (tertiary/aromatic N) is 4. The lowest BCUT2D eigenvalue weighted by atomic mass is 9.91. The van der Waals surface area contributed by atoms with Crippen molar-refractivity contribution < 1.29 is 77.2 Å². The van der Waals surface area contributed by atoms with Crippen LogP contribution in [0, 0.1) is 5.92 Å². The van der Waals surface area contributed by atoms with Gasteiger partial charge < -0.3 is 79.1 Å². The Kier molecular flexibility index (Phi) is 30.7. The summed E-state index contributed by atoms with van der Waals surface area (Å²) < 4.78 is 2.44. The fourth-order valence-electron chi connectivity index (χ4n) is 12.6. The molecule has 2 saturated heterocycles. The zero-order valence-corrected chi connectivity index (χ0v) is 64.8. The molecule has 0 spiro atoms. The largest absolute Gasteiger partial charge is 0.870 e. The maximum absolute atomic E-state index is 14.6. The second-order valence-electron chi connectivity index (χ2n) is 31.9. The van der Waals surface area contributed by atoms with Gasteiger partial charge in [-0.15, -0.1) is 0 Å². The summed E-state index contributed by atoms with van der Waals surface area (Å²) in [5, 5.41) is 32.8. The maximum atomic E-state index is 14.6. The first-order valence-electron chi connectivity index (χ1n) is 36.2. The number of carbonyl (C=O) groups is 14. The SMILES string of the molecule is CCC(C)(NC(=O)C1CCCN1C(C)=O)C(=O)NC(C)(CC)C(=O)NCCC(=O)NCC(=O)NC(C)(C)C(=O)NC(C)(C)C(=O)NC(C)(CC)C(=O)NC(C)(C)C(=O)NC(C)(C)C(=O)NC(C)(C)C(=O)N1CCCCC1C(=O)NC(C)(CC)C(=O)NC(CC(C)C)CN1CCC[N+]2=C1CCC2.[OH-]. The highest BCUT2D eigenvalue weighted by Crippen LogP contribution is 2.27. The van der Waals surface area contributed by atoms with Crippen LogP contribution < -0.4 is 63.8 Å². The lowest BCUT2D eigenvalue weighted by Crippen LogP contribution is -2.70. The number of amides is 14. The van der Waals surface area contributed by atoms with Gasteiger partial charge in [-0.05, 0) is 173 Å². The van der Waals surface area contributed by atoms with Crippen LogP contribution in [0.25, 0.3) is 0 Å². The molecule has 102 heavy (non-hydrogen) atoms. The van der Waals surface area contributed by atoms with Gasteiger partial charge in [-0.1, -0.05) is 41.5 Å². The molecule has 0 aliphatic carbocycles. The molecule has 7 atom stereocenters. The van der Waals surface area contributed by atoms with Gasteiger partial charge in [0.1, 0.15) is 68.5 Å². The van der Waals surface area contributed by atoms with Crippen molar-refractivity contribution in [3.05, 3.63) is 0 Å². The van der Waals surface area contributed by atoms with Crippen LogP contribution in [0.1, 0.15) is 235 Å². The molecule has 2 fully saturated rings. The Balaban J connectivity index is 0.0000270. The molecule has 0 saturated carbocycles. The molecule has 4 aliphatic heterocycles. The number of piperidine rings is 1. The number of nitrogens with one attached hydrogen (secondary N) is 12. The first-order valence-corrected chi connectivity index (χ1v) is 36.2. The van der Waals surface area contributed by atoms with E-state index in [0.717, 1.165) is 45.3 Å². The molecule has 31 nitrogen and oxygen atoms in total. The Morgan fingerprint density at radius 2 is 0.873 bits per heavy atom. The van der Waals surface area contributed by atoms with Crippen molar-refractivity contribution in [1.82, 2.24) is 78.5 Å². The van der Waals surface area contributed by atoms with E-state index >= 15 is 0 Å². The predicted octanol–water partition coefficient (Wildman–Crippen LogP) is 0.879. The molecule has 4 heterocycles. The molecular formula is C71H124N16O15. The molecule has 4 rings (SSSR count). The van der Waals surface area contributed by atoms with E-state index < -0.39 is 139 Å². The van der Waals surface area contributed by atoms with Gasteiger partial charge in [0.2, 0.25) is 88.5 Å². The Labute approximate surface area is 603 Å². The summed E-state index contributed by atoms with van der Waals surface area (Å²) in [6.07, 6.45) is 6.91. The van der Waals surface area contributed by atoms with Crippen LogP contribution in [-0.2, 0) is 67.1 Å². The van der Waals surface area contributed by atoms with E-state index in [1.54, 1.807) is 27.7 Å². The summed E-state index contributed by atoms with van der Waals surface area (Å²) in [4.78, 5) is 197. The van der Waals surface area contributed by atoms with E-state index in [4.69, 9.17) is 0 Å². The molecule has 0 aromatic rings. The number of amidine groups is 1. The van der Waals surface area contributed by atoms with Crippen LogP contribution in [-0.4, -0.2) is 234 Å². The maximum Gasteiger partial charge on any atom is 0.248 e. The first kappa shape index (κ1) is 88.2. The molecule has 13 N–H and O–H groups in total. The standard InChI is InChI=1S/C71H122N16O14.H2O/c1-22-68(18,83-61(100)70(20,24-3)77-52(91)47-32-28-40-86(47)45(7)88)58(97)72-35-34-49(89)73-42-50(90)75-63(8,9)54(93)78-66(14,15)57(96)82-71(21,25-4)60(99)81-65(12,13)55(94)79-64(10,11)56(95)80-67(16,17)62(101)87-39-27-26-31-48(87)53(92)76-69(19,23-2)59(98)74-46(41-44(5)6)43-85-38-30-37-84-36-29-33-51(84)85;/h44,46-48H,22-43H2,1-21H3,(H11-,72,73,74,75,76,77,78,79,80,81,82,83,89,90,91,92,93,94,95,96,97,98,99,100);1H2. The van der Waals surface area contributed by atoms with Crippen LogP contribution >= 0.6 is 0 Å². The second-order valence-corrected chi connectivity index (χ2v) is 31.9. The third-order valence-electron chi connectivity index (χ3n) is 20.4. The minimum absolute atomic E-state index is 0. The topological polar surface area (TPSA) is 426 Å². The van der Waals surface area contributed by atoms with Gasteiger partial charge in [0, 0.05) is 39.4 Å². The Hall–Kier alpha value is -7.99. The third-order valence-corrected chi connectivity index (χ3v) is 20.4. The molecule has 7 unspecified atom stereocenters. The summed E-state index contributed by atoms with van der Waals surface area (Å²) in [6, 6.07) is -1.83. The lowest BCUT2D eigenvalue weighted by Gasteiger charge is -2.42. The fraction of sp³-hybridized carbons (Fsp3) is 0.789. The van der Waals surface area contributed by atoms with E-state index in [1.807, 2.05) is 6.92 Å². The van der Waals surface area contributed by atoms with Crippen molar-refractivity contribution in [3.8, 4) is 0 Å². The Morgan fingerprint density at radius 3 is 1.39 bits per heavy atom. The number of hydrogen-bond donors (Lipinski definition) is 12. The highest BCUT2D eigenvalue weighted by atomic mass is 16.2. The summed E-state index contributed by atoms with van der Waals surface area (Å²) in [7, 11) is 0. The van der Waals surface area contributed by atoms with Crippen molar-refractivity contribution in [1.29, 1.82) is 0 Å². The molecule has 578 valence electrons. The average Bonchev–Trinajstić information content (AvgIpc) is 0.922. The van der Waals surface area contributed by atoms with Crippen molar-refractivity contribution in [2.45, 2.75) is 303 Å². The van der Waals surface area contributed by atoms with E-state index in [0.29, 0.717) is 51.1 Å². The minimum atomic E-state index is -1.73. The van der Waals surface area contributed by atoms with Crippen molar-refractivity contribution in [3.63, 3.8) is 0 Å². The Morgan fingerprint density at radius 1 is 0.451 bits per heavy atom. The summed E-state index contributed by atoms with van der Waals surface area (Å²) >= 11 is 0. The van der Waals surface area contributed by atoms with Crippen molar-refractivity contribution in [2.75, 3.05) is 52.4 Å². The van der Waals surface area contributed by atoms with Crippen LogP contribution in [0.4, 0.5) is 0 Å². The van der Waals surface area contributed by atoms with Crippen LogP contribution in [0.2, 0.25) is 0 Å². The highest BCUT2D eigenvalue weighted by Gasteiger charge is 2.49. The van der Waals surface area contributed by atoms with Crippen LogP contribution in [0.3, 0.4) is 0 Å². The summed E-state index contributed by atoms with van der Waals surface area (Å²) in [5.74, 6) is -7.06. The molecule has 0 bridgehead atoms. The monoisotopic (exact) mass is 1440 g/mol. The molecule has 4 aliphatic rings. The van der Waals surface area contributed by atoms with Gasteiger partial charge in [-0.2, -0.15) is 0 Å². The van der Waals surface area contributed by atoms with Gasteiger partial charge in [0.25, 0.3) is 0 Å². The predicted molar refractivity (Wildman–Crippen MR) is 383 cm³/mol. The zero-order chi connectivity index (χ0) is 76.8. The second kappa shape index (κ2) is 35.5. The lowest BCUT2D eigenvalue weighted by molar-refractivity contribution is -0.530. The molecular weight excluding hydrogens is 1320 g/mol. The van der Waals surface area contributed by atoms with Gasteiger partial charge in [-0.3, -0.25) is 76.6 Å².